The maximum atomic E-state index is 5.26. The van der Waals surface area contributed by atoms with Gasteiger partial charge in [0.2, 0.25) is 0 Å². The van der Waals surface area contributed by atoms with Gasteiger partial charge in [-0.1, -0.05) is 24.3 Å². The van der Waals surface area contributed by atoms with Crippen LogP contribution in [-0.4, -0.2) is 9.97 Å². The highest BCUT2D eigenvalue weighted by atomic mass is 14.9. The number of H-pyrrole nitrogens is 1. The van der Waals surface area contributed by atoms with Crippen molar-refractivity contribution in [1.82, 2.24) is 9.97 Å². The number of nitrogens with zero attached hydrogens (tertiary/aromatic N) is 1. The summed E-state index contributed by atoms with van der Waals surface area (Å²) in [4.78, 5) is 7.87. The SMILES string of the molecule is C#CCCc1nc2cc3ccccc3cc2[nH]1. The maximum Gasteiger partial charge on any atom is 0.108 e. The third-order valence-corrected chi connectivity index (χ3v) is 2.90. The second-order valence-electron chi connectivity index (χ2n) is 4.10. The van der Waals surface area contributed by atoms with Crippen molar-refractivity contribution in [2.45, 2.75) is 12.8 Å². The van der Waals surface area contributed by atoms with Gasteiger partial charge in [-0.05, 0) is 22.9 Å². The second-order valence-corrected chi connectivity index (χ2v) is 4.10. The predicted molar refractivity (Wildman–Crippen MR) is 70.8 cm³/mol. The van der Waals surface area contributed by atoms with Gasteiger partial charge in [-0.15, -0.1) is 12.3 Å². The summed E-state index contributed by atoms with van der Waals surface area (Å²) in [6.45, 7) is 0. The van der Waals surface area contributed by atoms with Gasteiger partial charge in [-0.25, -0.2) is 4.98 Å². The number of benzene rings is 2. The van der Waals surface area contributed by atoms with Gasteiger partial charge in [0, 0.05) is 12.8 Å². The third-order valence-electron chi connectivity index (χ3n) is 2.90. The van der Waals surface area contributed by atoms with Crippen LogP contribution in [0.4, 0.5) is 0 Å². The molecule has 0 unspecified atom stereocenters. The Morgan fingerprint density at radius 3 is 2.71 bits per heavy atom. The Kier molecular flexibility index (Phi) is 2.31. The van der Waals surface area contributed by atoms with E-state index in [-0.39, 0.29) is 0 Å². The van der Waals surface area contributed by atoms with Gasteiger partial charge in [0.25, 0.3) is 0 Å². The Morgan fingerprint density at radius 2 is 1.94 bits per heavy atom. The molecule has 0 aliphatic rings. The van der Waals surface area contributed by atoms with E-state index in [1.54, 1.807) is 0 Å². The zero-order chi connectivity index (χ0) is 11.7. The van der Waals surface area contributed by atoms with E-state index in [4.69, 9.17) is 6.42 Å². The molecule has 0 amide bonds. The van der Waals surface area contributed by atoms with Crippen molar-refractivity contribution in [3.8, 4) is 12.3 Å². The Hall–Kier alpha value is -2.27. The molecule has 2 nitrogen and oxygen atoms in total. The zero-order valence-electron chi connectivity index (χ0n) is 9.40. The molecule has 17 heavy (non-hydrogen) atoms. The lowest BCUT2D eigenvalue weighted by atomic mass is 10.1. The molecular weight excluding hydrogens is 208 g/mol. The summed E-state index contributed by atoms with van der Waals surface area (Å²) < 4.78 is 0. The summed E-state index contributed by atoms with van der Waals surface area (Å²) in [6, 6.07) is 12.5. The predicted octanol–water partition coefficient (Wildman–Crippen LogP) is 3.28. The average molecular weight is 220 g/mol. The Labute approximate surface area is 99.7 Å². The largest absolute Gasteiger partial charge is 0.342 e. The van der Waals surface area contributed by atoms with Gasteiger partial charge in [0.05, 0.1) is 11.0 Å². The first kappa shape index (κ1) is 9.92. The van der Waals surface area contributed by atoms with E-state index in [0.717, 1.165) is 29.7 Å². The first-order chi connectivity index (χ1) is 8.36. The number of aromatic amines is 1. The summed E-state index contributed by atoms with van der Waals surface area (Å²) >= 11 is 0. The normalized spacial score (nSPS) is 10.8. The van der Waals surface area contributed by atoms with Gasteiger partial charge in [-0.2, -0.15) is 0 Å². The summed E-state index contributed by atoms with van der Waals surface area (Å²) in [5.41, 5.74) is 2.09. The van der Waals surface area contributed by atoms with Crippen LogP contribution in [-0.2, 0) is 6.42 Å². The first-order valence-corrected chi connectivity index (χ1v) is 5.68. The highest BCUT2D eigenvalue weighted by Crippen LogP contribution is 2.21. The zero-order valence-corrected chi connectivity index (χ0v) is 9.40. The van der Waals surface area contributed by atoms with E-state index in [0.29, 0.717) is 0 Å². The van der Waals surface area contributed by atoms with Crippen molar-refractivity contribution in [2.24, 2.45) is 0 Å². The molecule has 0 aliphatic heterocycles. The molecule has 82 valence electrons. The van der Waals surface area contributed by atoms with Crippen LogP contribution in [0, 0.1) is 12.3 Å². The fraction of sp³-hybridized carbons (Fsp3) is 0.133. The summed E-state index contributed by atoms with van der Waals surface area (Å²) in [7, 11) is 0. The van der Waals surface area contributed by atoms with E-state index in [2.05, 4.69) is 40.2 Å². The minimum absolute atomic E-state index is 0.722. The third kappa shape index (κ3) is 1.76. The number of hydrogen-bond acceptors (Lipinski definition) is 1. The lowest BCUT2D eigenvalue weighted by Crippen LogP contribution is -1.85. The van der Waals surface area contributed by atoms with E-state index in [9.17, 15) is 0 Å². The van der Waals surface area contributed by atoms with Crippen molar-refractivity contribution < 1.29 is 0 Å². The molecule has 0 aliphatic carbocycles. The quantitative estimate of drug-likeness (QED) is 0.660. The monoisotopic (exact) mass is 220 g/mol. The van der Waals surface area contributed by atoms with Crippen LogP contribution < -0.4 is 0 Å². The number of nitrogens with one attached hydrogen (secondary N) is 1. The summed E-state index contributed by atoms with van der Waals surface area (Å²) in [5.74, 6) is 3.60. The van der Waals surface area contributed by atoms with Crippen LogP contribution in [0.1, 0.15) is 12.2 Å². The van der Waals surface area contributed by atoms with E-state index < -0.39 is 0 Å². The van der Waals surface area contributed by atoms with Crippen LogP contribution in [0.15, 0.2) is 36.4 Å². The molecule has 0 saturated heterocycles. The topological polar surface area (TPSA) is 28.7 Å². The number of terminal acetylenes is 1. The molecule has 3 rings (SSSR count). The van der Waals surface area contributed by atoms with Crippen LogP contribution in [0.2, 0.25) is 0 Å². The molecule has 0 fully saturated rings. The number of aromatic nitrogens is 2. The van der Waals surface area contributed by atoms with Gasteiger partial charge in [-0.3, -0.25) is 0 Å². The molecular formula is C15H12N2. The van der Waals surface area contributed by atoms with E-state index in [1.807, 2.05) is 12.1 Å². The Balaban J connectivity index is 2.15. The highest BCUT2D eigenvalue weighted by molar-refractivity contribution is 5.95. The van der Waals surface area contributed by atoms with Crippen molar-refractivity contribution in [2.75, 3.05) is 0 Å². The fourth-order valence-electron chi connectivity index (χ4n) is 2.06. The van der Waals surface area contributed by atoms with Crippen LogP contribution in [0.5, 0.6) is 0 Å². The fourth-order valence-corrected chi connectivity index (χ4v) is 2.06. The molecule has 1 aromatic heterocycles. The molecule has 1 heterocycles. The van der Waals surface area contributed by atoms with Crippen molar-refractivity contribution in [3.63, 3.8) is 0 Å². The Bertz CT molecular complexity index is 664. The van der Waals surface area contributed by atoms with Crippen LogP contribution in [0.25, 0.3) is 21.8 Å². The van der Waals surface area contributed by atoms with E-state index in [1.165, 1.54) is 10.8 Å². The smallest absolute Gasteiger partial charge is 0.108 e. The minimum Gasteiger partial charge on any atom is -0.342 e. The number of fused-ring (bicyclic) bond motifs is 2. The first-order valence-electron chi connectivity index (χ1n) is 5.68. The number of imidazole rings is 1. The molecule has 1 N–H and O–H groups in total. The van der Waals surface area contributed by atoms with Gasteiger partial charge < -0.3 is 4.98 Å². The van der Waals surface area contributed by atoms with E-state index >= 15 is 0 Å². The lowest BCUT2D eigenvalue weighted by molar-refractivity contribution is 0.934. The summed E-state index contributed by atoms with van der Waals surface area (Å²) in [5, 5.41) is 2.45. The van der Waals surface area contributed by atoms with Gasteiger partial charge >= 0.3 is 0 Å². The number of rotatable bonds is 2. The molecule has 0 atom stereocenters. The maximum absolute atomic E-state index is 5.26. The molecule has 3 aromatic rings. The molecule has 2 aromatic carbocycles. The van der Waals surface area contributed by atoms with Crippen molar-refractivity contribution >= 4 is 21.8 Å². The molecule has 0 spiro atoms. The molecule has 0 saturated carbocycles. The van der Waals surface area contributed by atoms with Crippen molar-refractivity contribution in [3.05, 3.63) is 42.2 Å². The van der Waals surface area contributed by atoms with Crippen LogP contribution >= 0.6 is 0 Å². The Morgan fingerprint density at radius 1 is 1.18 bits per heavy atom. The van der Waals surface area contributed by atoms with Gasteiger partial charge in [0.1, 0.15) is 5.82 Å². The van der Waals surface area contributed by atoms with Crippen molar-refractivity contribution in [1.29, 1.82) is 0 Å². The second kappa shape index (κ2) is 3.95. The number of hydrogen-bond donors (Lipinski definition) is 1. The minimum atomic E-state index is 0.722. The highest BCUT2D eigenvalue weighted by Gasteiger charge is 2.03. The lowest BCUT2D eigenvalue weighted by Gasteiger charge is -1.95. The molecule has 0 radical (unpaired) electrons. The standard InChI is InChI=1S/C15H12N2/c1-2-3-8-15-16-13-9-11-6-4-5-7-12(11)10-14(13)17-15/h1,4-7,9-10H,3,8H2,(H,16,17). The van der Waals surface area contributed by atoms with Gasteiger partial charge in [0.15, 0.2) is 0 Å². The number of aryl methyl sites for hydroxylation is 1. The molecule has 0 bridgehead atoms. The molecule has 2 heteroatoms. The average Bonchev–Trinajstić information content (AvgIpc) is 2.75. The van der Waals surface area contributed by atoms with Crippen LogP contribution in [0.3, 0.4) is 0 Å². The summed E-state index contributed by atoms with van der Waals surface area (Å²) in [6.07, 6.45) is 6.79.